The summed E-state index contributed by atoms with van der Waals surface area (Å²) in [6, 6.07) is 0. The molecule has 3 saturated carbocycles. The van der Waals surface area contributed by atoms with Gasteiger partial charge in [-0.05, 0) is 67.6 Å². The molecule has 3 fully saturated rings. The molecule has 4 aliphatic carbocycles. The zero-order valence-electron chi connectivity index (χ0n) is 14.6. The fourth-order valence-electron chi connectivity index (χ4n) is 7.41. The molecule has 4 rings (SSSR count). The molecule has 0 aliphatic heterocycles. The molecule has 0 heterocycles. The molecular weight excluding hydrogens is 288 g/mol. The van der Waals surface area contributed by atoms with Crippen LogP contribution in [0.3, 0.4) is 0 Å². The van der Waals surface area contributed by atoms with E-state index in [4.69, 9.17) is 0 Å². The normalized spacial score (nSPS) is 57.9. The molecule has 4 aliphatic rings. The van der Waals surface area contributed by atoms with Gasteiger partial charge in [-0.25, -0.2) is 0 Å². The molecule has 2 bridgehead atoms. The van der Waals surface area contributed by atoms with Gasteiger partial charge in [0, 0.05) is 10.8 Å². The molecule has 0 radical (unpaired) electrons. The first-order chi connectivity index (χ1) is 10.8. The summed E-state index contributed by atoms with van der Waals surface area (Å²) in [6.45, 7) is 4.90. The topological polar surface area (TPSA) is 60.7 Å². The van der Waals surface area contributed by atoms with Gasteiger partial charge < -0.3 is 15.3 Å². The second-order valence-electron chi connectivity index (χ2n) is 9.67. The van der Waals surface area contributed by atoms with E-state index in [1.54, 1.807) is 0 Å². The largest absolute Gasteiger partial charge is 0.396 e. The van der Waals surface area contributed by atoms with E-state index in [-0.39, 0.29) is 41.0 Å². The van der Waals surface area contributed by atoms with Crippen LogP contribution in [-0.4, -0.2) is 34.6 Å². The minimum absolute atomic E-state index is 0.0359. The number of fused-ring (bicyclic) bond motifs is 3. The van der Waals surface area contributed by atoms with Gasteiger partial charge in [-0.2, -0.15) is 0 Å². The SMILES string of the molecule is C[C@]1(CO)[C@H]2CC[C@@]34C=CC(CO)(CC[C@H]3[C@]2(C)CC[C@H]1O)C4. The maximum absolute atomic E-state index is 10.6. The predicted octanol–water partition coefficient (Wildman–Crippen LogP) is 2.89. The summed E-state index contributed by atoms with van der Waals surface area (Å²) in [7, 11) is 0. The highest BCUT2D eigenvalue weighted by atomic mass is 16.3. The number of hydrogen-bond donors (Lipinski definition) is 3. The van der Waals surface area contributed by atoms with Gasteiger partial charge in [0.1, 0.15) is 0 Å². The zero-order chi connectivity index (χ0) is 16.5. The number of aliphatic hydroxyl groups excluding tert-OH is 3. The first kappa shape index (κ1) is 16.1. The van der Waals surface area contributed by atoms with Crippen molar-refractivity contribution in [3.05, 3.63) is 12.2 Å². The Hall–Kier alpha value is -0.380. The van der Waals surface area contributed by atoms with Crippen molar-refractivity contribution < 1.29 is 15.3 Å². The zero-order valence-corrected chi connectivity index (χ0v) is 14.6. The summed E-state index contributed by atoms with van der Waals surface area (Å²) >= 11 is 0. The van der Waals surface area contributed by atoms with E-state index in [0.717, 1.165) is 38.5 Å². The molecule has 3 nitrogen and oxygen atoms in total. The van der Waals surface area contributed by atoms with Crippen LogP contribution in [0.5, 0.6) is 0 Å². The van der Waals surface area contributed by atoms with Crippen LogP contribution < -0.4 is 0 Å². The molecular formula is C20H32O3. The van der Waals surface area contributed by atoms with Crippen LogP contribution in [0.1, 0.15) is 58.8 Å². The lowest BCUT2D eigenvalue weighted by Crippen LogP contribution is -2.61. The van der Waals surface area contributed by atoms with Crippen LogP contribution in [0.4, 0.5) is 0 Å². The number of allylic oxidation sites excluding steroid dienone is 1. The summed E-state index contributed by atoms with van der Waals surface area (Å²) in [4.78, 5) is 0. The van der Waals surface area contributed by atoms with Gasteiger partial charge >= 0.3 is 0 Å². The third kappa shape index (κ3) is 1.88. The second kappa shape index (κ2) is 4.83. The standard InChI is InChI=1S/C20H32O3/c1-17-6-5-16(23)18(2,12-21)14(17)4-8-20-10-9-19(11-20,13-22)7-3-15(17)20/h9-10,14-16,21-23H,3-8,11-13H2,1-2H3/t14-,15-,16+,17+,18-,19?,20-/m0/s1. The Labute approximate surface area is 139 Å². The van der Waals surface area contributed by atoms with Gasteiger partial charge in [-0.3, -0.25) is 0 Å². The van der Waals surface area contributed by atoms with Gasteiger partial charge in [0.15, 0.2) is 0 Å². The molecule has 7 atom stereocenters. The molecule has 1 spiro atoms. The van der Waals surface area contributed by atoms with E-state index in [2.05, 4.69) is 26.0 Å². The average molecular weight is 320 g/mol. The van der Waals surface area contributed by atoms with Crippen molar-refractivity contribution in [2.75, 3.05) is 13.2 Å². The van der Waals surface area contributed by atoms with Crippen molar-refractivity contribution in [3.63, 3.8) is 0 Å². The molecule has 0 aromatic carbocycles. The molecule has 3 heteroatoms. The summed E-state index contributed by atoms with van der Waals surface area (Å²) in [6.07, 6.45) is 11.9. The van der Waals surface area contributed by atoms with Crippen LogP contribution in [0.25, 0.3) is 0 Å². The fraction of sp³-hybridized carbons (Fsp3) is 0.900. The van der Waals surface area contributed by atoms with Crippen LogP contribution in [-0.2, 0) is 0 Å². The van der Waals surface area contributed by atoms with E-state index >= 15 is 0 Å². The molecule has 130 valence electrons. The van der Waals surface area contributed by atoms with Crippen LogP contribution in [0, 0.1) is 33.5 Å². The first-order valence-corrected chi connectivity index (χ1v) is 9.44. The van der Waals surface area contributed by atoms with Crippen molar-refractivity contribution in [2.45, 2.75) is 64.9 Å². The van der Waals surface area contributed by atoms with Gasteiger partial charge in [-0.1, -0.05) is 26.0 Å². The van der Waals surface area contributed by atoms with Crippen LogP contribution in [0.15, 0.2) is 12.2 Å². The smallest absolute Gasteiger partial charge is 0.0618 e. The molecule has 1 unspecified atom stereocenters. The Kier molecular flexibility index (Phi) is 3.38. The Morgan fingerprint density at radius 1 is 0.913 bits per heavy atom. The first-order valence-electron chi connectivity index (χ1n) is 9.44. The Morgan fingerprint density at radius 2 is 1.65 bits per heavy atom. The van der Waals surface area contributed by atoms with Crippen LogP contribution >= 0.6 is 0 Å². The van der Waals surface area contributed by atoms with E-state index < -0.39 is 0 Å². The highest BCUT2D eigenvalue weighted by Gasteiger charge is 2.65. The monoisotopic (exact) mass is 320 g/mol. The van der Waals surface area contributed by atoms with Crippen molar-refractivity contribution in [1.29, 1.82) is 0 Å². The lowest BCUT2D eigenvalue weighted by molar-refractivity contribution is -0.195. The third-order valence-corrected chi connectivity index (χ3v) is 8.73. The molecule has 0 aromatic rings. The van der Waals surface area contributed by atoms with E-state index in [9.17, 15) is 15.3 Å². The highest BCUT2D eigenvalue weighted by Crippen LogP contribution is 2.71. The van der Waals surface area contributed by atoms with Gasteiger partial charge in [-0.15, -0.1) is 0 Å². The van der Waals surface area contributed by atoms with E-state index in [1.807, 2.05) is 0 Å². The minimum Gasteiger partial charge on any atom is -0.396 e. The molecule has 3 N–H and O–H groups in total. The fourth-order valence-corrected chi connectivity index (χ4v) is 7.41. The Bertz CT molecular complexity index is 531. The molecule has 0 amide bonds. The second-order valence-corrected chi connectivity index (χ2v) is 9.67. The number of aliphatic hydroxyl groups is 3. The van der Waals surface area contributed by atoms with Crippen molar-refractivity contribution >= 4 is 0 Å². The Balaban J connectivity index is 1.72. The maximum Gasteiger partial charge on any atom is 0.0618 e. The lowest BCUT2D eigenvalue weighted by Gasteiger charge is -2.65. The van der Waals surface area contributed by atoms with Gasteiger partial charge in [0.2, 0.25) is 0 Å². The summed E-state index contributed by atoms with van der Waals surface area (Å²) in [5.74, 6) is 1.03. The quantitative estimate of drug-likeness (QED) is 0.686. The van der Waals surface area contributed by atoms with E-state index in [0.29, 0.717) is 11.8 Å². The van der Waals surface area contributed by atoms with Gasteiger partial charge in [0.25, 0.3) is 0 Å². The number of hydrogen-bond acceptors (Lipinski definition) is 3. The molecule has 23 heavy (non-hydrogen) atoms. The third-order valence-electron chi connectivity index (χ3n) is 8.73. The lowest BCUT2D eigenvalue weighted by atomic mass is 9.40. The molecule has 0 aromatic heterocycles. The predicted molar refractivity (Wildman–Crippen MR) is 89.7 cm³/mol. The average Bonchev–Trinajstić information content (AvgIpc) is 2.83. The summed E-state index contributed by atoms with van der Waals surface area (Å²) < 4.78 is 0. The van der Waals surface area contributed by atoms with Gasteiger partial charge in [0.05, 0.1) is 19.3 Å². The highest BCUT2D eigenvalue weighted by molar-refractivity contribution is 5.26. The van der Waals surface area contributed by atoms with Crippen LogP contribution in [0.2, 0.25) is 0 Å². The van der Waals surface area contributed by atoms with Crippen molar-refractivity contribution in [2.24, 2.45) is 33.5 Å². The van der Waals surface area contributed by atoms with Crippen molar-refractivity contribution in [1.82, 2.24) is 0 Å². The maximum atomic E-state index is 10.6. The molecule has 0 saturated heterocycles. The van der Waals surface area contributed by atoms with E-state index in [1.165, 1.54) is 6.42 Å². The van der Waals surface area contributed by atoms with Crippen molar-refractivity contribution in [3.8, 4) is 0 Å². The summed E-state index contributed by atoms with van der Waals surface area (Å²) in [5, 5.41) is 30.5. The Morgan fingerprint density at radius 3 is 2.35 bits per heavy atom. The minimum atomic E-state index is -0.376. The number of rotatable bonds is 2. The summed E-state index contributed by atoms with van der Waals surface area (Å²) in [5.41, 5.74) is 0.132.